The van der Waals surface area contributed by atoms with E-state index in [-0.39, 0.29) is 41.2 Å². The lowest BCUT2D eigenvalue weighted by Crippen LogP contribution is -2.54. The first-order valence-electron chi connectivity index (χ1n) is 15.9. The van der Waals surface area contributed by atoms with E-state index in [4.69, 9.17) is 24.0 Å². The van der Waals surface area contributed by atoms with E-state index in [1.807, 2.05) is 13.8 Å². The molecule has 6 rings (SSSR count). The summed E-state index contributed by atoms with van der Waals surface area (Å²) < 4.78 is 18.2. The lowest BCUT2D eigenvalue weighted by molar-refractivity contribution is -0.164. The summed E-state index contributed by atoms with van der Waals surface area (Å²) in [7, 11) is 0. The number of ketones is 1. The molecule has 7 heteroatoms. The predicted molar refractivity (Wildman–Crippen MR) is 148 cm³/mol. The average molecular weight is 559 g/mol. The number of hydrogen-bond donors (Lipinski definition) is 0. The molecule has 0 aromatic carbocycles. The second-order valence-electron chi connectivity index (χ2n) is 15.0. The van der Waals surface area contributed by atoms with Crippen LogP contribution in [0, 0.1) is 52.3 Å². The minimum Gasteiger partial charge on any atom is -0.494 e. The minimum atomic E-state index is -0.809. The maximum absolute atomic E-state index is 12.8. The van der Waals surface area contributed by atoms with Gasteiger partial charge in [0.1, 0.15) is 11.9 Å². The molecule has 6 aliphatic rings. The maximum Gasteiger partial charge on any atom is 0.337 e. The van der Waals surface area contributed by atoms with Crippen molar-refractivity contribution in [1.82, 2.24) is 0 Å². The Hall–Kier alpha value is -1.44. The predicted octanol–water partition coefficient (Wildman–Crippen LogP) is 6.74. The summed E-state index contributed by atoms with van der Waals surface area (Å²) in [6, 6.07) is 0. The zero-order valence-electron chi connectivity index (χ0n) is 25.6. The van der Waals surface area contributed by atoms with Gasteiger partial charge >= 0.3 is 11.9 Å². The smallest absolute Gasteiger partial charge is 0.337 e. The van der Waals surface area contributed by atoms with E-state index < -0.39 is 5.97 Å². The van der Waals surface area contributed by atoms with Gasteiger partial charge in [0.05, 0.1) is 12.7 Å². The fourth-order valence-corrected chi connectivity index (χ4v) is 10.6. The molecule has 2 heterocycles. The molecule has 2 aliphatic heterocycles. The Morgan fingerprint density at radius 2 is 1.70 bits per heavy atom. The fourth-order valence-electron chi connectivity index (χ4n) is 10.6. The van der Waals surface area contributed by atoms with Gasteiger partial charge in [-0.15, -0.1) is 0 Å². The van der Waals surface area contributed by atoms with Crippen molar-refractivity contribution in [3.8, 4) is 0 Å². The first kappa shape index (κ1) is 28.7. The third-order valence-corrected chi connectivity index (χ3v) is 12.5. The van der Waals surface area contributed by atoms with Crippen LogP contribution in [0.5, 0.6) is 0 Å². The van der Waals surface area contributed by atoms with E-state index >= 15 is 0 Å². The molecule has 0 bridgehead atoms. The molecule has 11 atom stereocenters. The topological polar surface area (TPSA) is 86.9 Å². The largest absolute Gasteiger partial charge is 0.494 e. The molecular formula is C33H50O7. The Bertz CT molecular complexity index is 1060. The van der Waals surface area contributed by atoms with Gasteiger partial charge in [0.15, 0.2) is 5.78 Å². The van der Waals surface area contributed by atoms with E-state index in [2.05, 4.69) is 20.8 Å². The highest BCUT2D eigenvalue weighted by Gasteiger charge is 2.66. The lowest BCUT2D eigenvalue weighted by Gasteiger charge is -2.61. The number of esters is 1. The summed E-state index contributed by atoms with van der Waals surface area (Å²) in [5.41, 5.74) is 1.43. The molecule has 4 aliphatic carbocycles. The molecular weight excluding hydrogens is 508 g/mol. The average Bonchev–Trinajstić information content (AvgIpc) is 3.40. The van der Waals surface area contributed by atoms with Gasteiger partial charge in [-0.1, -0.05) is 27.7 Å². The summed E-state index contributed by atoms with van der Waals surface area (Å²) in [5.74, 6) is 3.62. The van der Waals surface area contributed by atoms with Crippen LogP contribution in [0.25, 0.3) is 0 Å². The molecule has 0 N–H and O–H groups in total. The van der Waals surface area contributed by atoms with Gasteiger partial charge in [-0.3, -0.25) is 9.59 Å². The van der Waals surface area contributed by atoms with Crippen molar-refractivity contribution in [1.29, 1.82) is 0 Å². The van der Waals surface area contributed by atoms with Crippen LogP contribution in [0.3, 0.4) is 0 Å². The Kier molecular flexibility index (Phi) is 7.23. The molecule has 6 fully saturated rings. The number of carbonyl (C=O) groups excluding carboxylic acids is 2. The highest BCUT2D eigenvalue weighted by molar-refractivity contribution is 5.93. The zero-order valence-corrected chi connectivity index (χ0v) is 25.6. The van der Waals surface area contributed by atoms with Gasteiger partial charge in [-0.05, 0) is 105 Å². The number of hydrogen-bond acceptors (Lipinski definition) is 7. The summed E-state index contributed by atoms with van der Waals surface area (Å²) >= 11 is 0. The van der Waals surface area contributed by atoms with Crippen LogP contribution in [0.15, 0.2) is 11.3 Å². The van der Waals surface area contributed by atoms with Crippen molar-refractivity contribution in [3.63, 3.8) is 0 Å². The number of allylic oxidation sites excluding steroid dienone is 2. The molecule has 0 spiro atoms. The molecule has 0 aromatic rings. The summed E-state index contributed by atoms with van der Waals surface area (Å²) in [5, 5.41) is 0. The van der Waals surface area contributed by atoms with E-state index in [1.54, 1.807) is 6.92 Å². The van der Waals surface area contributed by atoms with Crippen molar-refractivity contribution in [2.24, 2.45) is 52.3 Å². The second kappa shape index (κ2) is 10.1. The van der Waals surface area contributed by atoms with Crippen molar-refractivity contribution in [3.05, 3.63) is 11.3 Å². The lowest BCUT2D eigenvalue weighted by atomic mass is 9.44. The van der Waals surface area contributed by atoms with Crippen LogP contribution >= 0.6 is 0 Å². The van der Waals surface area contributed by atoms with Gasteiger partial charge < -0.3 is 14.2 Å². The Morgan fingerprint density at radius 3 is 2.38 bits per heavy atom. The van der Waals surface area contributed by atoms with Gasteiger partial charge in [-0.25, -0.2) is 0 Å². The molecule has 0 unspecified atom stereocenters. The molecule has 224 valence electrons. The number of ether oxygens (including phenoxy) is 3. The molecule has 0 amide bonds. The Balaban J connectivity index is 1.17. The Labute approximate surface area is 240 Å². The van der Waals surface area contributed by atoms with Gasteiger partial charge in [0, 0.05) is 31.3 Å². The number of fused-ring (bicyclic) bond motifs is 7. The van der Waals surface area contributed by atoms with Gasteiger partial charge in [0.25, 0.3) is 0 Å². The van der Waals surface area contributed by atoms with Crippen molar-refractivity contribution in [2.75, 3.05) is 6.61 Å². The maximum atomic E-state index is 12.8. The standard InChI is InChI=1S/C33H50O7/c1-18(17-36-21(4)35)14-25(20(3)34)30-19(2)29-28(37-30)16-27-24-9-8-22-15-23(38-33(7)39-40-33)10-12-31(22,5)26(24)11-13-32(27,29)6/h18-19,22-24,26-29H,8-17H2,1-7H3/b30-25+/t18-,19-,22+,23-,24+,26-,27-,28-,29-,31-,32-/m0/s1. The monoisotopic (exact) mass is 558 g/mol. The number of carbonyl (C=O) groups is 2. The molecule has 2 saturated heterocycles. The molecule has 0 aromatic heterocycles. The highest BCUT2D eigenvalue weighted by Crippen LogP contribution is 2.70. The van der Waals surface area contributed by atoms with E-state index in [0.29, 0.717) is 36.2 Å². The Morgan fingerprint density at radius 1 is 0.975 bits per heavy atom. The fraction of sp³-hybridized carbons (Fsp3) is 0.879. The van der Waals surface area contributed by atoms with Crippen molar-refractivity contribution < 1.29 is 33.6 Å². The van der Waals surface area contributed by atoms with Crippen LogP contribution in [-0.4, -0.2) is 36.5 Å². The highest BCUT2D eigenvalue weighted by atomic mass is 17.4. The van der Waals surface area contributed by atoms with Crippen LogP contribution < -0.4 is 0 Å². The minimum absolute atomic E-state index is 0.0777. The SMILES string of the molecule is CC(=O)OC[C@@H](C)C/C(C(C)=O)=C1\O[C@H]2C[C@H]3[C@@H]4CC[C@@H]5C[C@@H](OC6(C)OO6)CC[C@]5(C)[C@H]4CC[C@]3(C)[C@H]2[C@@H]1C. The van der Waals surface area contributed by atoms with E-state index in [9.17, 15) is 9.59 Å². The third kappa shape index (κ3) is 4.76. The van der Waals surface area contributed by atoms with Crippen LogP contribution in [-0.2, 0) is 33.6 Å². The van der Waals surface area contributed by atoms with Crippen molar-refractivity contribution >= 4 is 11.8 Å². The van der Waals surface area contributed by atoms with Crippen LogP contribution in [0.1, 0.15) is 106 Å². The third-order valence-electron chi connectivity index (χ3n) is 12.5. The normalized spacial score (nSPS) is 46.7. The first-order valence-corrected chi connectivity index (χ1v) is 15.9. The van der Waals surface area contributed by atoms with Gasteiger partial charge in [-0.2, -0.15) is 9.78 Å². The summed E-state index contributed by atoms with van der Waals surface area (Å²) in [6.45, 7) is 14.8. The first-order chi connectivity index (χ1) is 18.8. The quantitative estimate of drug-likeness (QED) is 0.148. The molecule has 7 nitrogen and oxygen atoms in total. The van der Waals surface area contributed by atoms with Crippen molar-refractivity contribution in [2.45, 2.75) is 124 Å². The van der Waals surface area contributed by atoms with E-state index in [0.717, 1.165) is 42.4 Å². The number of Topliss-reactive ketones (excluding diaryl/α,β-unsaturated/α-hetero) is 1. The molecule has 0 radical (unpaired) electrons. The summed E-state index contributed by atoms with van der Waals surface area (Å²) in [6.07, 6.45) is 10.7. The van der Waals surface area contributed by atoms with E-state index in [1.165, 1.54) is 39.0 Å². The molecule has 40 heavy (non-hydrogen) atoms. The van der Waals surface area contributed by atoms with Gasteiger partial charge in [0.2, 0.25) is 0 Å². The van der Waals surface area contributed by atoms with Crippen LogP contribution in [0.2, 0.25) is 0 Å². The number of rotatable bonds is 7. The molecule has 4 saturated carbocycles. The zero-order chi connectivity index (χ0) is 28.6. The summed E-state index contributed by atoms with van der Waals surface area (Å²) in [4.78, 5) is 34.2. The second-order valence-corrected chi connectivity index (χ2v) is 15.0. The van der Waals surface area contributed by atoms with Crippen LogP contribution in [0.4, 0.5) is 0 Å².